The zero-order valence-corrected chi connectivity index (χ0v) is 12.4. The Morgan fingerprint density at radius 2 is 2.05 bits per heavy atom. The van der Waals surface area contributed by atoms with Gasteiger partial charge in [0.2, 0.25) is 0 Å². The molecule has 1 heterocycles. The van der Waals surface area contributed by atoms with Crippen LogP contribution in [-0.2, 0) is 6.61 Å². The molecule has 0 saturated carbocycles. The number of nitrogens with zero attached hydrogens (tertiary/aromatic N) is 2. The summed E-state index contributed by atoms with van der Waals surface area (Å²) in [5, 5.41) is 3.91. The first-order chi connectivity index (χ1) is 9.47. The van der Waals surface area contributed by atoms with Crippen LogP contribution in [0, 0.1) is 6.92 Å². The highest BCUT2D eigenvalue weighted by atomic mass is 16.5. The van der Waals surface area contributed by atoms with E-state index in [1.54, 1.807) is 0 Å². The van der Waals surface area contributed by atoms with Crippen LogP contribution in [0.5, 0.6) is 5.75 Å². The maximum absolute atomic E-state index is 5.85. The zero-order valence-electron chi connectivity index (χ0n) is 12.4. The normalized spacial score (nSPS) is 12.7. The quantitative estimate of drug-likeness (QED) is 0.907. The van der Waals surface area contributed by atoms with Gasteiger partial charge in [0.25, 0.3) is 5.89 Å². The van der Waals surface area contributed by atoms with Crippen LogP contribution >= 0.6 is 0 Å². The molecule has 2 aromatic rings. The molecule has 1 atom stereocenters. The van der Waals surface area contributed by atoms with Crippen LogP contribution in [0.4, 0.5) is 0 Å². The molecule has 0 spiro atoms. The highest BCUT2D eigenvalue weighted by Crippen LogP contribution is 2.22. The molecule has 0 unspecified atom stereocenters. The molecule has 0 saturated heterocycles. The van der Waals surface area contributed by atoms with Gasteiger partial charge in [-0.25, -0.2) is 0 Å². The zero-order chi connectivity index (χ0) is 14.7. The molecule has 0 radical (unpaired) electrons. The average molecular weight is 275 g/mol. The second-order valence-electron chi connectivity index (χ2n) is 5.30. The minimum atomic E-state index is 0.0206. The molecule has 2 N–H and O–H groups in total. The van der Waals surface area contributed by atoms with Gasteiger partial charge in [0.1, 0.15) is 5.75 Å². The van der Waals surface area contributed by atoms with Crippen molar-refractivity contribution in [3.63, 3.8) is 0 Å². The first-order valence-electron chi connectivity index (χ1n) is 6.78. The van der Waals surface area contributed by atoms with Crippen molar-refractivity contribution in [1.82, 2.24) is 10.1 Å². The molecule has 5 heteroatoms. The van der Waals surface area contributed by atoms with Crippen LogP contribution in [0.1, 0.15) is 55.6 Å². The maximum Gasteiger partial charge on any atom is 0.264 e. The van der Waals surface area contributed by atoms with E-state index in [4.69, 9.17) is 15.0 Å². The van der Waals surface area contributed by atoms with E-state index < -0.39 is 0 Å². The summed E-state index contributed by atoms with van der Waals surface area (Å²) >= 11 is 0. The Kier molecular flexibility index (Phi) is 4.39. The Bertz CT molecular complexity index is 576. The Morgan fingerprint density at radius 3 is 2.60 bits per heavy atom. The van der Waals surface area contributed by atoms with Crippen molar-refractivity contribution in [3.05, 3.63) is 41.0 Å². The van der Waals surface area contributed by atoms with Gasteiger partial charge in [0.15, 0.2) is 12.4 Å². The minimum absolute atomic E-state index is 0.0206. The molecule has 0 fully saturated rings. The van der Waals surface area contributed by atoms with E-state index in [0.29, 0.717) is 11.7 Å². The number of benzene rings is 1. The number of rotatable bonds is 5. The number of nitrogens with two attached hydrogens (primary N) is 1. The van der Waals surface area contributed by atoms with Gasteiger partial charge in [0, 0.05) is 12.0 Å². The van der Waals surface area contributed by atoms with Gasteiger partial charge in [-0.15, -0.1) is 0 Å². The van der Waals surface area contributed by atoms with Crippen LogP contribution in [0.15, 0.2) is 22.7 Å². The summed E-state index contributed by atoms with van der Waals surface area (Å²) in [7, 11) is 0. The fourth-order valence-electron chi connectivity index (χ4n) is 1.82. The molecule has 1 aromatic heterocycles. The fourth-order valence-corrected chi connectivity index (χ4v) is 1.82. The SMILES string of the molecule is Cc1cc([C@H](C)N)ccc1OCc1nc(C(C)C)no1. The number of aryl methyl sites for hydroxylation is 1. The Labute approximate surface area is 119 Å². The number of hydrogen-bond acceptors (Lipinski definition) is 5. The largest absolute Gasteiger partial charge is 0.483 e. The summed E-state index contributed by atoms with van der Waals surface area (Å²) in [6.45, 7) is 8.27. The fraction of sp³-hybridized carbons (Fsp3) is 0.467. The lowest BCUT2D eigenvalue weighted by Gasteiger charge is -2.11. The summed E-state index contributed by atoms with van der Waals surface area (Å²) in [5.74, 6) is 2.25. The van der Waals surface area contributed by atoms with Crippen LogP contribution in [-0.4, -0.2) is 10.1 Å². The Hall–Kier alpha value is -1.88. The van der Waals surface area contributed by atoms with E-state index >= 15 is 0 Å². The topological polar surface area (TPSA) is 74.2 Å². The molecule has 0 aliphatic rings. The van der Waals surface area contributed by atoms with Crippen LogP contribution in [0.3, 0.4) is 0 Å². The van der Waals surface area contributed by atoms with Crippen molar-refractivity contribution in [2.45, 2.75) is 46.3 Å². The molecule has 0 bridgehead atoms. The van der Waals surface area contributed by atoms with E-state index in [-0.39, 0.29) is 18.6 Å². The second kappa shape index (κ2) is 6.05. The minimum Gasteiger partial charge on any atom is -0.483 e. The number of hydrogen-bond donors (Lipinski definition) is 1. The predicted octanol–water partition coefficient (Wildman–Crippen LogP) is 3.10. The summed E-state index contributed by atoms with van der Waals surface area (Å²) in [4.78, 5) is 4.28. The van der Waals surface area contributed by atoms with Gasteiger partial charge in [0.05, 0.1) is 0 Å². The van der Waals surface area contributed by atoms with Crippen molar-refractivity contribution in [2.75, 3.05) is 0 Å². The molecule has 1 aromatic carbocycles. The van der Waals surface area contributed by atoms with Crippen LogP contribution in [0.25, 0.3) is 0 Å². The lowest BCUT2D eigenvalue weighted by Crippen LogP contribution is -2.05. The number of aromatic nitrogens is 2. The maximum atomic E-state index is 5.85. The lowest BCUT2D eigenvalue weighted by atomic mass is 10.1. The van der Waals surface area contributed by atoms with E-state index in [9.17, 15) is 0 Å². The van der Waals surface area contributed by atoms with Gasteiger partial charge in [-0.3, -0.25) is 0 Å². The first-order valence-corrected chi connectivity index (χ1v) is 6.78. The second-order valence-corrected chi connectivity index (χ2v) is 5.30. The first kappa shape index (κ1) is 14.5. The average Bonchev–Trinajstić information content (AvgIpc) is 2.86. The van der Waals surface area contributed by atoms with Crippen LogP contribution < -0.4 is 10.5 Å². The van der Waals surface area contributed by atoms with Gasteiger partial charge in [-0.05, 0) is 31.0 Å². The molecular formula is C15H21N3O2. The van der Waals surface area contributed by atoms with Gasteiger partial charge >= 0.3 is 0 Å². The third kappa shape index (κ3) is 3.36. The van der Waals surface area contributed by atoms with E-state index in [2.05, 4.69) is 10.1 Å². The smallest absolute Gasteiger partial charge is 0.264 e. The summed E-state index contributed by atoms with van der Waals surface area (Å²) in [5.41, 5.74) is 7.99. The summed E-state index contributed by atoms with van der Waals surface area (Å²) in [6, 6.07) is 5.95. The molecule has 5 nitrogen and oxygen atoms in total. The lowest BCUT2D eigenvalue weighted by molar-refractivity contribution is 0.241. The standard InChI is InChI=1S/C15H21N3O2/c1-9(2)15-17-14(20-18-15)8-19-13-6-5-12(11(4)16)7-10(13)3/h5-7,9,11H,8,16H2,1-4H3/t11-/m0/s1. The van der Waals surface area contributed by atoms with Crippen molar-refractivity contribution in [1.29, 1.82) is 0 Å². The third-order valence-corrected chi connectivity index (χ3v) is 3.08. The summed E-state index contributed by atoms with van der Waals surface area (Å²) in [6.07, 6.45) is 0. The Balaban J connectivity index is 2.03. The van der Waals surface area contributed by atoms with Gasteiger partial charge < -0.3 is 15.0 Å². The van der Waals surface area contributed by atoms with Crippen molar-refractivity contribution < 1.29 is 9.26 Å². The van der Waals surface area contributed by atoms with Crippen molar-refractivity contribution in [3.8, 4) is 5.75 Å². The molecule has 20 heavy (non-hydrogen) atoms. The Morgan fingerprint density at radius 1 is 1.30 bits per heavy atom. The van der Waals surface area contributed by atoms with Crippen LogP contribution in [0.2, 0.25) is 0 Å². The molecule has 0 aliphatic carbocycles. The van der Waals surface area contributed by atoms with Crippen molar-refractivity contribution in [2.24, 2.45) is 5.73 Å². The highest BCUT2D eigenvalue weighted by Gasteiger charge is 2.11. The van der Waals surface area contributed by atoms with E-state index in [0.717, 1.165) is 16.9 Å². The molecule has 108 valence electrons. The van der Waals surface area contributed by atoms with Gasteiger partial charge in [-0.2, -0.15) is 4.98 Å². The monoisotopic (exact) mass is 275 g/mol. The van der Waals surface area contributed by atoms with E-state index in [1.165, 1.54) is 0 Å². The van der Waals surface area contributed by atoms with E-state index in [1.807, 2.05) is 45.9 Å². The third-order valence-electron chi connectivity index (χ3n) is 3.08. The molecule has 0 amide bonds. The van der Waals surface area contributed by atoms with Crippen molar-refractivity contribution >= 4 is 0 Å². The molecule has 2 rings (SSSR count). The molecular weight excluding hydrogens is 254 g/mol. The number of ether oxygens (including phenoxy) is 1. The summed E-state index contributed by atoms with van der Waals surface area (Å²) < 4.78 is 10.9. The highest BCUT2D eigenvalue weighted by molar-refractivity contribution is 5.37. The van der Waals surface area contributed by atoms with Gasteiger partial charge in [-0.1, -0.05) is 31.1 Å². The predicted molar refractivity (Wildman–Crippen MR) is 76.5 cm³/mol. The molecule has 0 aliphatic heterocycles.